The second-order valence-corrected chi connectivity index (χ2v) is 11.7. The van der Waals surface area contributed by atoms with Gasteiger partial charge in [-0.3, -0.25) is 4.79 Å². The van der Waals surface area contributed by atoms with Gasteiger partial charge in [0, 0.05) is 25.2 Å². The fourth-order valence-corrected chi connectivity index (χ4v) is 4.94. The molecule has 0 spiro atoms. The molecule has 12 heteroatoms. The van der Waals surface area contributed by atoms with Crippen molar-refractivity contribution in [1.82, 2.24) is 0 Å². The lowest BCUT2D eigenvalue weighted by Gasteiger charge is -2.10. The van der Waals surface area contributed by atoms with Gasteiger partial charge in [0.1, 0.15) is 11.9 Å². The third kappa shape index (κ3) is 13.8. The van der Waals surface area contributed by atoms with Gasteiger partial charge in [-0.05, 0) is 81.7 Å². The maximum atomic E-state index is 14.6. The number of aliphatic hydroxyl groups is 1. The third-order valence-electron chi connectivity index (χ3n) is 5.97. The summed E-state index contributed by atoms with van der Waals surface area (Å²) in [6.07, 6.45) is 1.69. The Bertz CT molecular complexity index is 1290. The van der Waals surface area contributed by atoms with E-state index < -0.39 is 27.7 Å². The number of carbonyl (C=O) groups is 2. The first-order valence-corrected chi connectivity index (χ1v) is 15.8. The van der Waals surface area contributed by atoms with Crippen molar-refractivity contribution in [2.45, 2.75) is 51.0 Å². The van der Waals surface area contributed by atoms with Gasteiger partial charge in [-0.1, -0.05) is 6.07 Å². The summed E-state index contributed by atoms with van der Waals surface area (Å²) in [5, 5.41) is 9.11. The molecule has 0 aromatic heterocycles. The maximum Gasteiger partial charge on any atom is 0.333 e. The molecule has 0 bridgehead atoms. The average molecular weight is 625 g/mol. The molecule has 2 aromatic carbocycles. The van der Waals surface area contributed by atoms with E-state index in [0.717, 1.165) is 0 Å². The van der Waals surface area contributed by atoms with Crippen LogP contribution in [0.1, 0.15) is 45.6 Å². The van der Waals surface area contributed by atoms with E-state index in [9.17, 15) is 22.4 Å². The first-order chi connectivity index (χ1) is 20.5. The first kappa shape index (κ1) is 36.0. The SMILES string of the molecule is CCOC(=O)/C(C)=C/c1ccc(Oc2ccc(S(=O)(=O)CCCOCCOCCOCCCC(=O)[C@@H](C)O)cc2)c(F)c1. The molecule has 1 N–H and O–H groups in total. The fraction of sp³-hybridized carbons (Fsp3) is 0.484. The van der Waals surface area contributed by atoms with Gasteiger partial charge in [0.25, 0.3) is 0 Å². The Labute approximate surface area is 252 Å². The lowest BCUT2D eigenvalue weighted by molar-refractivity contribution is -0.138. The van der Waals surface area contributed by atoms with Crippen molar-refractivity contribution in [2.24, 2.45) is 0 Å². The molecule has 0 aliphatic carbocycles. The van der Waals surface area contributed by atoms with E-state index >= 15 is 0 Å². The van der Waals surface area contributed by atoms with Crippen molar-refractivity contribution < 1.29 is 51.2 Å². The van der Waals surface area contributed by atoms with Crippen LogP contribution in [0.3, 0.4) is 0 Å². The maximum absolute atomic E-state index is 14.6. The molecule has 0 radical (unpaired) electrons. The Kier molecular flexibility index (Phi) is 16.1. The zero-order valence-corrected chi connectivity index (χ0v) is 25.7. The van der Waals surface area contributed by atoms with Crippen molar-refractivity contribution >= 4 is 27.7 Å². The summed E-state index contributed by atoms with van der Waals surface area (Å²) in [6.45, 7) is 7.03. The minimum Gasteiger partial charge on any atom is -0.463 e. The zero-order chi connectivity index (χ0) is 31.7. The molecule has 43 heavy (non-hydrogen) atoms. The molecule has 0 amide bonds. The predicted molar refractivity (Wildman–Crippen MR) is 158 cm³/mol. The van der Waals surface area contributed by atoms with E-state index in [1.807, 2.05) is 0 Å². The third-order valence-corrected chi connectivity index (χ3v) is 7.79. The van der Waals surface area contributed by atoms with Crippen molar-refractivity contribution in [1.29, 1.82) is 0 Å². The van der Waals surface area contributed by atoms with Crippen LogP contribution in [0.25, 0.3) is 6.08 Å². The summed E-state index contributed by atoms with van der Waals surface area (Å²) in [5.74, 6) is -1.20. The van der Waals surface area contributed by atoms with Gasteiger partial charge in [-0.15, -0.1) is 0 Å². The van der Waals surface area contributed by atoms with E-state index in [1.165, 1.54) is 49.4 Å². The number of benzene rings is 2. The molecule has 238 valence electrons. The highest BCUT2D eigenvalue weighted by Crippen LogP contribution is 2.27. The Morgan fingerprint density at radius 1 is 0.930 bits per heavy atom. The van der Waals surface area contributed by atoms with Gasteiger partial charge >= 0.3 is 5.97 Å². The van der Waals surface area contributed by atoms with Crippen LogP contribution in [0.15, 0.2) is 52.9 Å². The Hall–Kier alpha value is -3.16. The lowest BCUT2D eigenvalue weighted by Crippen LogP contribution is -2.16. The van der Waals surface area contributed by atoms with E-state index in [-0.39, 0.29) is 47.6 Å². The molecule has 0 aliphatic rings. The summed E-state index contributed by atoms with van der Waals surface area (Å²) in [5.41, 5.74) is 0.804. The van der Waals surface area contributed by atoms with Gasteiger partial charge in [0.15, 0.2) is 27.2 Å². The number of ether oxygens (including phenoxy) is 5. The van der Waals surface area contributed by atoms with E-state index in [4.69, 9.17) is 28.8 Å². The molecule has 0 saturated heterocycles. The fourth-order valence-electron chi connectivity index (χ4n) is 3.65. The predicted octanol–water partition coefficient (Wildman–Crippen LogP) is 4.53. The minimum atomic E-state index is -3.55. The number of Topliss-reactive ketones (excluding diaryl/α,β-unsaturated/α-hetero) is 1. The highest BCUT2D eigenvalue weighted by Gasteiger charge is 2.15. The monoisotopic (exact) mass is 624 g/mol. The van der Waals surface area contributed by atoms with Crippen LogP contribution >= 0.6 is 0 Å². The summed E-state index contributed by atoms with van der Waals surface area (Å²) in [6, 6.07) is 9.98. The second-order valence-electron chi connectivity index (χ2n) is 9.57. The van der Waals surface area contributed by atoms with Gasteiger partial charge in [0.2, 0.25) is 0 Å². The quantitative estimate of drug-likeness (QED) is 0.120. The van der Waals surface area contributed by atoms with E-state index in [2.05, 4.69) is 0 Å². The molecule has 0 aliphatic heterocycles. The molecule has 0 heterocycles. The standard InChI is InChI=1S/C31H41FO10S/c1-4-41-31(35)23(2)21-25-8-13-30(28(32)22-25)42-26-9-11-27(12-10-26)43(36,37)20-6-15-39-17-19-40-18-16-38-14-5-7-29(34)24(3)33/h8-13,21-22,24,33H,4-7,14-20H2,1-3H3/b23-21+/t24-/m1/s1. The minimum absolute atomic E-state index is 0.0446. The Morgan fingerprint density at radius 2 is 1.53 bits per heavy atom. The number of halogens is 1. The summed E-state index contributed by atoms with van der Waals surface area (Å²) >= 11 is 0. The zero-order valence-electron chi connectivity index (χ0n) is 24.9. The van der Waals surface area contributed by atoms with Crippen LogP contribution in [0.4, 0.5) is 4.39 Å². The van der Waals surface area contributed by atoms with Crippen molar-refractivity contribution in [3.63, 3.8) is 0 Å². The smallest absolute Gasteiger partial charge is 0.333 e. The second kappa shape index (κ2) is 19.2. The summed E-state index contributed by atoms with van der Waals surface area (Å²) in [4.78, 5) is 23.2. The number of rotatable bonds is 21. The number of carbonyl (C=O) groups excluding carboxylic acids is 2. The highest BCUT2D eigenvalue weighted by molar-refractivity contribution is 7.91. The van der Waals surface area contributed by atoms with Crippen molar-refractivity contribution in [2.75, 3.05) is 52.0 Å². The van der Waals surface area contributed by atoms with Gasteiger partial charge in [-0.2, -0.15) is 0 Å². The molecular weight excluding hydrogens is 583 g/mol. The molecule has 0 unspecified atom stereocenters. The average Bonchev–Trinajstić information content (AvgIpc) is 2.97. The van der Waals surface area contributed by atoms with Crippen molar-refractivity contribution in [3.05, 3.63) is 59.4 Å². The number of esters is 1. The van der Waals surface area contributed by atoms with Gasteiger partial charge in [0.05, 0.1) is 43.7 Å². The first-order valence-electron chi connectivity index (χ1n) is 14.1. The molecule has 2 rings (SSSR count). The Morgan fingerprint density at radius 3 is 2.12 bits per heavy atom. The van der Waals surface area contributed by atoms with Gasteiger partial charge in [-0.25, -0.2) is 17.6 Å². The molecular formula is C31H41FO10S. The topological polar surface area (TPSA) is 135 Å². The van der Waals surface area contributed by atoms with E-state index in [0.29, 0.717) is 57.0 Å². The van der Waals surface area contributed by atoms with Crippen LogP contribution in [0.2, 0.25) is 0 Å². The normalized spacial score (nSPS) is 12.6. The number of hydrogen-bond donors (Lipinski definition) is 1. The summed E-state index contributed by atoms with van der Waals surface area (Å²) in [7, 11) is -3.55. The molecule has 1 atom stereocenters. The van der Waals surface area contributed by atoms with Crippen LogP contribution in [-0.2, 0) is 38.4 Å². The van der Waals surface area contributed by atoms with Crippen LogP contribution in [0, 0.1) is 5.82 Å². The largest absolute Gasteiger partial charge is 0.463 e. The van der Waals surface area contributed by atoms with E-state index in [1.54, 1.807) is 19.9 Å². The number of ketones is 1. The Balaban J connectivity index is 1.67. The molecule has 10 nitrogen and oxygen atoms in total. The molecule has 0 fully saturated rings. The van der Waals surface area contributed by atoms with Gasteiger partial charge < -0.3 is 28.8 Å². The number of hydrogen-bond acceptors (Lipinski definition) is 10. The molecule has 2 aromatic rings. The van der Waals surface area contributed by atoms with Crippen LogP contribution in [0.5, 0.6) is 11.5 Å². The van der Waals surface area contributed by atoms with Crippen LogP contribution in [-0.4, -0.2) is 83.4 Å². The molecule has 0 saturated carbocycles. The van der Waals surface area contributed by atoms with Crippen molar-refractivity contribution in [3.8, 4) is 11.5 Å². The number of sulfone groups is 1. The highest BCUT2D eigenvalue weighted by atomic mass is 32.2. The lowest BCUT2D eigenvalue weighted by atomic mass is 10.1. The number of aliphatic hydroxyl groups excluding tert-OH is 1. The summed E-state index contributed by atoms with van der Waals surface area (Å²) < 4.78 is 66.6. The van der Waals surface area contributed by atoms with Crippen LogP contribution < -0.4 is 4.74 Å².